The zero-order valence-electron chi connectivity index (χ0n) is 12.4. The Labute approximate surface area is 126 Å². The monoisotopic (exact) mass is 283 g/mol. The molecule has 0 aliphatic heterocycles. The number of hydrogen-bond donors (Lipinski definition) is 0. The average Bonchev–Trinajstić information content (AvgIpc) is 2.54. The van der Waals surface area contributed by atoms with Gasteiger partial charge in [0.1, 0.15) is 0 Å². The van der Waals surface area contributed by atoms with Gasteiger partial charge in [0, 0.05) is 20.2 Å². The van der Waals surface area contributed by atoms with Crippen LogP contribution < -0.4 is 0 Å². The Morgan fingerprint density at radius 2 is 1.38 bits per heavy atom. The molecular weight excluding hydrogens is 262 g/mol. The van der Waals surface area contributed by atoms with E-state index in [9.17, 15) is 4.79 Å². The number of rotatable bonds is 7. The first-order chi connectivity index (χ1) is 10.3. The minimum absolute atomic E-state index is 0.115. The van der Waals surface area contributed by atoms with E-state index in [4.69, 9.17) is 4.74 Å². The van der Waals surface area contributed by atoms with Crippen molar-refractivity contribution in [3.8, 4) is 0 Å². The molecule has 0 aliphatic carbocycles. The van der Waals surface area contributed by atoms with E-state index in [0.717, 1.165) is 11.1 Å². The lowest BCUT2D eigenvalue weighted by molar-refractivity contribution is -0.133. The van der Waals surface area contributed by atoms with Crippen molar-refractivity contribution in [2.45, 2.75) is 19.5 Å². The van der Waals surface area contributed by atoms with Crippen molar-refractivity contribution in [1.82, 2.24) is 4.90 Å². The van der Waals surface area contributed by atoms with E-state index >= 15 is 0 Å². The van der Waals surface area contributed by atoms with E-state index in [1.165, 1.54) is 0 Å². The molecule has 0 heterocycles. The van der Waals surface area contributed by atoms with Crippen molar-refractivity contribution < 1.29 is 9.53 Å². The molecule has 0 radical (unpaired) electrons. The predicted molar refractivity (Wildman–Crippen MR) is 83.6 cm³/mol. The normalized spacial score (nSPS) is 10.3. The third-order valence-corrected chi connectivity index (χ3v) is 3.31. The number of amides is 1. The summed E-state index contributed by atoms with van der Waals surface area (Å²) in [6.45, 7) is 1.70. The van der Waals surface area contributed by atoms with Gasteiger partial charge in [-0.1, -0.05) is 60.7 Å². The van der Waals surface area contributed by atoms with E-state index in [0.29, 0.717) is 26.1 Å². The molecule has 0 unspecified atom stereocenters. The fourth-order valence-corrected chi connectivity index (χ4v) is 2.19. The average molecular weight is 283 g/mol. The van der Waals surface area contributed by atoms with Crippen LogP contribution in [-0.4, -0.2) is 24.5 Å². The van der Waals surface area contributed by atoms with Gasteiger partial charge in [-0.3, -0.25) is 4.79 Å². The molecule has 0 atom stereocenters. The van der Waals surface area contributed by atoms with Crippen LogP contribution in [0.4, 0.5) is 0 Å². The van der Waals surface area contributed by atoms with Gasteiger partial charge in [0.05, 0.1) is 13.0 Å². The topological polar surface area (TPSA) is 29.5 Å². The Balaban J connectivity index is 2.08. The maximum Gasteiger partial charge on any atom is 0.225 e. The number of carbonyl (C=O) groups excluding carboxylic acids is 1. The molecule has 0 aliphatic rings. The van der Waals surface area contributed by atoms with Gasteiger partial charge in [-0.25, -0.2) is 0 Å². The minimum atomic E-state index is 0.115. The molecule has 2 aromatic carbocycles. The first-order valence-electron chi connectivity index (χ1n) is 7.14. The highest BCUT2D eigenvalue weighted by molar-refractivity contribution is 5.76. The van der Waals surface area contributed by atoms with Gasteiger partial charge in [-0.2, -0.15) is 0 Å². The summed E-state index contributed by atoms with van der Waals surface area (Å²) < 4.78 is 5.02. The molecule has 0 aromatic heterocycles. The SMILES string of the molecule is COCCC(=O)N(Cc1ccccc1)Cc1ccccc1. The van der Waals surface area contributed by atoms with E-state index in [2.05, 4.69) is 0 Å². The van der Waals surface area contributed by atoms with Crippen LogP contribution >= 0.6 is 0 Å². The molecule has 0 fully saturated rings. The number of ether oxygens (including phenoxy) is 1. The van der Waals surface area contributed by atoms with Crippen molar-refractivity contribution in [1.29, 1.82) is 0 Å². The van der Waals surface area contributed by atoms with Crippen LogP contribution in [0.2, 0.25) is 0 Å². The van der Waals surface area contributed by atoms with Gasteiger partial charge in [0.25, 0.3) is 0 Å². The third-order valence-electron chi connectivity index (χ3n) is 3.31. The van der Waals surface area contributed by atoms with Crippen LogP contribution in [0, 0.1) is 0 Å². The van der Waals surface area contributed by atoms with Crippen molar-refractivity contribution in [3.63, 3.8) is 0 Å². The van der Waals surface area contributed by atoms with Crippen LogP contribution in [0.15, 0.2) is 60.7 Å². The van der Waals surface area contributed by atoms with E-state index in [-0.39, 0.29) is 5.91 Å². The smallest absolute Gasteiger partial charge is 0.225 e. The van der Waals surface area contributed by atoms with Crippen LogP contribution in [-0.2, 0) is 22.6 Å². The second-order valence-corrected chi connectivity index (χ2v) is 4.96. The van der Waals surface area contributed by atoms with Gasteiger partial charge in [-0.05, 0) is 11.1 Å². The molecule has 0 N–H and O–H groups in total. The predicted octanol–water partition coefficient (Wildman–Crippen LogP) is 3.25. The van der Waals surface area contributed by atoms with Crippen molar-refractivity contribution in [2.24, 2.45) is 0 Å². The fraction of sp³-hybridized carbons (Fsp3) is 0.278. The Bertz CT molecular complexity index is 498. The fourth-order valence-electron chi connectivity index (χ4n) is 2.19. The zero-order valence-corrected chi connectivity index (χ0v) is 12.4. The summed E-state index contributed by atoms with van der Waals surface area (Å²) in [6, 6.07) is 20.1. The molecule has 0 saturated heterocycles. The second-order valence-electron chi connectivity index (χ2n) is 4.96. The van der Waals surface area contributed by atoms with Crippen molar-refractivity contribution in [2.75, 3.05) is 13.7 Å². The summed E-state index contributed by atoms with van der Waals surface area (Å²) in [7, 11) is 1.62. The summed E-state index contributed by atoms with van der Waals surface area (Å²) in [6.07, 6.45) is 0.413. The lowest BCUT2D eigenvalue weighted by Gasteiger charge is -2.23. The van der Waals surface area contributed by atoms with Crippen molar-refractivity contribution in [3.05, 3.63) is 71.8 Å². The van der Waals surface area contributed by atoms with E-state index in [1.54, 1.807) is 7.11 Å². The molecule has 2 rings (SSSR count). The quantitative estimate of drug-likeness (QED) is 0.780. The molecule has 0 bridgehead atoms. The van der Waals surface area contributed by atoms with Gasteiger partial charge in [-0.15, -0.1) is 0 Å². The molecule has 0 saturated carbocycles. The molecule has 1 amide bonds. The molecule has 3 nitrogen and oxygen atoms in total. The first-order valence-corrected chi connectivity index (χ1v) is 7.14. The Morgan fingerprint density at radius 3 is 1.81 bits per heavy atom. The first kappa shape index (κ1) is 15.3. The molecule has 0 spiro atoms. The third kappa shape index (κ3) is 5.04. The summed E-state index contributed by atoms with van der Waals surface area (Å²) in [4.78, 5) is 14.2. The van der Waals surface area contributed by atoms with E-state index < -0.39 is 0 Å². The number of hydrogen-bond acceptors (Lipinski definition) is 2. The number of methoxy groups -OCH3 is 1. The number of nitrogens with zero attached hydrogens (tertiary/aromatic N) is 1. The van der Waals surface area contributed by atoms with Crippen LogP contribution in [0.5, 0.6) is 0 Å². The molecule has 2 aromatic rings. The largest absolute Gasteiger partial charge is 0.384 e. The Hall–Kier alpha value is -2.13. The van der Waals surface area contributed by atoms with Gasteiger partial charge >= 0.3 is 0 Å². The van der Waals surface area contributed by atoms with Crippen molar-refractivity contribution >= 4 is 5.91 Å². The van der Waals surface area contributed by atoms with E-state index in [1.807, 2.05) is 65.6 Å². The summed E-state index contributed by atoms with van der Waals surface area (Å²) >= 11 is 0. The summed E-state index contributed by atoms with van der Waals surface area (Å²) in [5, 5.41) is 0. The maximum atomic E-state index is 12.4. The minimum Gasteiger partial charge on any atom is -0.384 e. The lowest BCUT2D eigenvalue weighted by atomic mass is 10.1. The van der Waals surface area contributed by atoms with Crippen LogP contribution in [0.3, 0.4) is 0 Å². The molecule has 110 valence electrons. The summed E-state index contributed by atoms with van der Waals surface area (Å²) in [5.74, 6) is 0.115. The van der Waals surface area contributed by atoms with Crippen LogP contribution in [0.1, 0.15) is 17.5 Å². The molecule has 3 heteroatoms. The number of benzene rings is 2. The van der Waals surface area contributed by atoms with Gasteiger partial charge < -0.3 is 9.64 Å². The highest BCUT2D eigenvalue weighted by Gasteiger charge is 2.14. The standard InChI is InChI=1S/C18H21NO2/c1-21-13-12-18(20)19(14-16-8-4-2-5-9-16)15-17-10-6-3-7-11-17/h2-11H,12-15H2,1H3. The maximum absolute atomic E-state index is 12.4. The zero-order chi connectivity index (χ0) is 14.9. The summed E-state index contributed by atoms with van der Waals surface area (Å²) in [5.41, 5.74) is 2.28. The second kappa shape index (κ2) is 8.22. The molecule has 21 heavy (non-hydrogen) atoms. The molecular formula is C18H21NO2. The number of carbonyl (C=O) groups is 1. The Morgan fingerprint density at radius 1 is 0.905 bits per heavy atom. The van der Waals surface area contributed by atoms with Crippen LogP contribution in [0.25, 0.3) is 0 Å². The highest BCUT2D eigenvalue weighted by atomic mass is 16.5. The Kier molecular flexibility index (Phi) is 5.98. The van der Waals surface area contributed by atoms with Gasteiger partial charge in [0.15, 0.2) is 0 Å². The lowest BCUT2D eigenvalue weighted by Crippen LogP contribution is -2.30. The van der Waals surface area contributed by atoms with Gasteiger partial charge in [0.2, 0.25) is 5.91 Å². The highest BCUT2D eigenvalue weighted by Crippen LogP contribution is 2.11.